The molecule has 0 saturated carbocycles. The quantitative estimate of drug-likeness (QED) is 0.812. The summed E-state index contributed by atoms with van der Waals surface area (Å²) in [7, 11) is 0. The second kappa shape index (κ2) is 5.77. The first kappa shape index (κ1) is 12.9. The molecule has 0 bridgehead atoms. The van der Waals surface area contributed by atoms with E-state index in [1.54, 1.807) is 6.92 Å². The molecule has 0 fully saturated rings. The van der Waals surface area contributed by atoms with E-state index in [1.165, 1.54) is 6.07 Å². The third-order valence-corrected chi connectivity index (χ3v) is 2.25. The molecule has 0 aliphatic carbocycles. The number of nitrogens with zero attached hydrogens (tertiary/aromatic N) is 1. The first-order valence-electron chi connectivity index (χ1n) is 4.55. The van der Waals surface area contributed by atoms with Crippen molar-refractivity contribution in [3.05, 3.63) is 16.1 Å². The van der Waals surface area contributed by atoms with E-state index in [4.69, 9.17) is 33.7 Å². The molecule has 3 N–H and O–H groups in total. The molecular weight excluding hydrogens is 253 g/mol. The Hall–Kier alpha value is -1.20. The molecule has 88 valence electrons. The summed E-state index contributed by atoms with van der Waals surface area (Å²) in [5.74, 6) is 0.0583. The molecule has 0 aliphatic heterocycles. The van der Waals surface area contributed by atoms with Gasteiger partial charge in [0, 0.05) is 0 Å². The number of nitrogens with one attached hydrogen (secondary N) is 1. The van der Waals surface area contributed by atoms with Gasteiger partial charge in [-0.05, 0) is 13.0 Å². The van der Waals surface area contributed by atoms with Crippen LogP contribution in [0, 0.1) is 0 Å². The molecule has 0 spiro atoms. The monoisotopic (exact) mass is 263 g/mol. The average molecular weight is 264 g/mol. The third kappa shape index (κ3) is 3.43. The zero-order chi connectivity index (χ0) is 12.1. The SMILES string of the molecule is CCOC(=O)CNc1nc(N)c(Cl)cc1Cl. The van der Waals surface area contributed by atoms with Crippen LogP contribution in [-0.2, 0) is 9.53 Å². The fourth-order valence-electron chi connectivity index (χ4n) is 0.973. The smallest absolute Gasteiger partial charge is 0.325 e. The number of hydrogen-bond acceptors (Lipinski definition) is 5. The van der Waals surface area contributed by atoms with Crippen molar-refractivity contribution in [3.63, 3.8) is 0 Å². The van der Waals surface area contributed by atoms with Crippen molar-refractivity contribution in [2.45, 2.75) is 6.92 Å². The molecular formula is C9H11Cl2N3O2. The maximum atomic E-state index is 11.1. The van der Waals surface area contributed by atoms with Gasteiger partial charge in [0.1, 0.15) is 18.2 Å². The van der Waals surface area contributed by atoms with Gasteiger partial charge < -0.3 is 15.8 Å². The molecule has 1 aromatic rings. The second-order valence-electron chi connectivity index (χ2n) is 2.84. The molecule has 1 rings (SSSR count). The minimum Gasteiger partial charge on any atom is -0.465 e. The maximum Gasteiger partial charge on any atom is 0.325 e. The van der Waals surface area contributed by atoms with Gasteiger partial charge >= 0.3 is 5.97 Å². The lowest BCUT2D eigenvalue weighted by atomic mass is 10.4. The number of ether oxygens (including phenoxy) is 1. The molecule has 1 aromatic heterocycles. The lowest BCUT2D eigenvalue weighted by Gasteiger charge is -2.08. The first-order chi connectivity index (χ1) is 7.54. The van der Waals surface area contributed by atoms with Gasteiger partial charge in [-0.2, -0.15) is 0 Å². The van der Waals surface area contributed by atoms with Gasteiger partial charge in [0.2, 0.25) is 0 Å². The molecule has 16 heavy (non-hydrogen) atoms. The van der Waals surface area contributed by atoms with E-state index in [0.717, 1.165) is 0 Å². The fraction of sp³-hybridized carbons (Fsp3) is 0.333. The van der Waals surface area contributed by atoms with Crippen LogP contribution in [0.2, 0.25) is 10.0 Å². The van der Waals surface area contributed by atoms with Crippen LogP contribution in [0.25, 0.3) is 0 Å². The van der Waals surface area contributed by atoms with E-state index in [-0.39, 0.29) is 17.4 Å². The summed E-state index contributed by atoms with van der Waals surface area (Å²) in [6.45, 7) is 2.02. The van der Waals surface area contributed by atoms with Crippen molar-refractivity contribution in [2.24, 2.45) is 0 Å². The van der Waals surface area contributed by atoms with Crippen LogP contribution in [-0.4, -0.2) is 24.1 Å². The summed E-state index contributed by atoms with van der Waals surface area (Å²) < 4.78 is 4.73. The lowest BCUT2D eigenvalue weighted by Crippen LogP contribution is -2.17. The van der Waals surface area contributed by atoms with Crippen LogP contribution >= 0.6 is 23.2 Å². The average Bonchev–Trinajstić information content (AvgIpc) is 2.22. The van der Waals surface area contributed by atoms with Gasteiger partial charge in [-0.1, -0.05) is 23.2 Å². The number of anilines is 2. The van der Waals surface area contributed by atoms with Crippen molar-refractivity contribution in [1.29, 1.82) is 0 Å². The summed E-state index contributed by atoms with van der Waals surface area (Å²) in [5, 5.41) is 3.27. The number of carbonyl (C=O) groups excluding carboxylic acids is 1. The van der Waals surface area contributed by atoms with Crippen LogP contribution in [0.5, 0.6) is 0 Å². The minimum atomic E-state index is -0.395. The summed E-state index contributed by atoms with van der Waals surface area (Å²) in [5.41, 5.74) is 5.50. The summed E-state index contributed by atoms with van der Waals surface area (Å²) >= 11 is 11.6. The van der Waals surface area contributed by atoms with Gasteiger partial charge in [0.15, 0.2) is 0 Å². The van der Waals surface area contributed by atoms with E-state index >= 15 is 0 Å². The van der Waals surface area contributed by atoms with Crippen LogP contribution in [0.1, 0.15) is 6.92 Å². The number of hydrogen-bond donors (Lipinski definition) is 2. The van der Waals surface area contributed by atoms with Crippen molar-refractivity contribution in [2.75, 3.05) is 24.2 Å². The number of pyridine rings is 1. The highest BCUT2D eigenvalue weighted by molar-refractivity contribution is 6.37. The summed E-state index contributed by atoms with van der Waals surface area (Å²) in [6, 6.07) is 1.46. The molecule has 0 radical (unpaired) electrons. The second-order valence-corrected chi connectivity index (χ2v) is 3.66. The summed E-state index contributed by atoms with van der Waals surface area (Å²) in [4.78, 5) is 15.0. The number of halogens is 2. The minimum absolute atomic E-state index is 0.0262. The first-order valence-corrected chi connectivity index (χ1v) is 5.31. The number of nitrogens with two attached hydrogens (primary N) is 1. The van der Waals surface area contributed by atoms with Gasteiger partial charge in [-0.25, -0.2) is 4.98 Å². The zero-order valence-electron chi connectivity index (χ0n) is 8.59. The highest BCUT2D eigenvalue weighted by Crippen LogP contribution is 2.27. The highest BCUT2D eigenvalue weighted by atomic mass is 35.5. The van der Waals surface area contributed by atoms with Crippen molar-refractivity contribution >= 4 is 40.8 Å². The maximum absolute atomic E-state index is 11.1. The van der Waals surface area contributed by atoms with E-state index in [0.29, 0.717) is 17.4 Å². The molecule has 0 atom stereocenters. The molecule has 0 saturated heterocycles. The number of carbonyl (C=O) groups is 1. The van der Waals surface area contributed by atoms with Crippen LogP contribution in [0.4, 0.5) is 11.6 Å². The molecule has 0 unspecified atom stereocenters. The van der Waals surface area contributed by atoms with Crippen LogP contribution < -0.4 is 11.1 Å². The van der Waals surface area contributed by atoms with Gasteiger partial charge in [0.05, 0.1) is 16.7 Å². The van der Waals surface area contributed by atoms with Crippen LogP contribution in [0.3, 0.4) is 0 Å². The normalized spacial score (nSPS) is 9.94. The molecule has 0 amide bonds. The summed E-state index contributed by atoms with van der Waals surface area (Å²) in [6.07, 6.45) is 0. The van der Waals surface area contributed by atoms with Gasteiger partial charge in [-0.3, -0.25) is 4.79 Å². The highest BCUT2D eigenvalue weighted by Gasteiger charge is 2.08. The number of nitrogen functional groups attached to an aromatic ring is 1. The number of rotatable bonds is 4. The van der Waals surface area contributed by atoms with Gasteiger partial charge in [0.25, 0.3) is 0 Å². The fourth-order valence-corrected chi connectivity index (χ4v) is 1.40. The molecule has 0 aliphatic rings. The third-order valence-electron chi connectivity index (χ3n) is 1.66. The Morgan fingerprint density at radius 3 is 2.88 bits per heavy atom. The van der Waals surface area contributed by atoms with E-state index in [9.17, 15) is 4.79 Å². The van der Waals surface area contributed by atoms with Crippen molar-refractivity contribution in [1.82, 2.24) is 4.98 Å². The Kier molecular flexibility index (Phi) is 4.64. The lowest BCUT2D eigenvalue weighted by molar-refractivity contribution is -0.140. The Labute approximate surface area is 103 Å². The van der Waals surface area contributed by atoms with Crippen molar-refractivity contribution in [3.8, 4) is 0 Å². The number of esters is 1. The Morgan fingerprint density at radius 1 is 1.56 bits per heavy atom. The van der Waals surface area contributed by atoms with E-state index < -0.39 is 5.97 Å². The largest absolute Gasteiger partial charge is 0.465 e. The Morgan fingerprint density at radius 2 is 2.25 bits per heavy atom. The molecule has 1 heterocycles. The molecule has 0 aromatic carbocycles. The predicted octanol–water partition coefficient (Wildman–Crippen LogP) is 1.95. The van der Waals surface area contributed by atoms with Gasteiger partial charge in [-0.15, -0.1) is 0 Å². The molecule has 7 heteroatoms. The zero-order valence-corrected chi connectivity index (χ0v) is 10.1. The Balaban J connectivity index is 2.67. The number of aromatic nitrogens is 1. The van der Waals surface area contributed by atoms with Crippen LogP contribution in [0.15, 0.2) is 6.07 Å². The standard InChI is InChI=1S/C9H11Cl2N3O2/c1-2-16-7(15)4-13-9-6(11)3-5(10)8(12)14-9/h3H,2,4H2,1H3,(H3,12,13,14). The topological polar surface area (TPSA) is 77.2 Å². The van der Waals surface area contributed by atoms with E-state index in [1.807, 2.05) is 0 Å². The molecule has 5 nitrogen and oxygen atoms in total. The Bertz CT molecular complexity index is 399. The van der Waals surface area contributed by atoms with Crippen molar-refractivity contribution < 1.29 is 9.53 Å². The van der Waals surface area contributed by atoms with E-state index in [2.05, 4.69) is 10.3 Å². The predicted molar refractivity (Wildman–Crippen MR) is 63.8 cm³/mol.